The van der Waals surface area contributed by atoms with E-state index >= 15 is 0 Å². The summed E-state index contributed by atoms with van der Waals surface area (Å²) in [6.45, 7) is 4.07. The van der Waals surface area contributed by atoms with Gasteiger partial charge in [-0.2, -0.15) is 0 Å². The molecule has 0 fully saturated rings. The largest absolute Gasteiger partial charge is 0.373 e. The van der Waals surface area contributed by atoms with E-state index in [2.05, 4.69) is 10.3 Å². The second-order valence-corrected chi connectivity index (χ2v) is 4.20. The van der Waals surface area contributed by atoms with Crippen molar-refractivity contribution in [2.45, 2.75) is 20.3 Å². The van der Waals surface area contributed by atoms with Crippen LogP contribution in [0.15, 0.2) is 18.3 Å². The number of rotatable bonds is 4. The highest BCUT2D eigenvalue weighted by atomic mass is 16.2. The molecular weight excluding hydrogens is 202 g/mol. The fourth-order valence-electron chi connectivity index (χ4n) is 1.36. The molecule has 0 saturated heterocycles. The molecule has 4 nitrogen and oxygen atoms in total. The minimum atomic E-state index is 0.119. The van der Waals surface area contributed by atoms with Gasteiger partial charge in [-0.1, -0.05) is 13.8 Å². The van der Waals surface area contributed by atoms with Crippen LogP contribution >= 0.6 is 0 Å². The number of carbonyl (C=O) groups is 1. The lowest BCUT2D eigenvalue weighted by atomic mass is 10.1. The third kappa shape index (κ3) is 3.22. The molecular formula is C12H19N3O. The topological polar surface area (TPSA) is 45.2 Å². The highest BCUT2D eigenvalue weighted by molar-refractivity contribution is 5.92. The van der Waals surface area contributed by atoms with Crippen molar-refractivity contribution in [2.75, 3.05) is 24.3 Å². The number of hydrogen-bond donors (Lipinski definition) is 1. The fraction of sp³-hybridized carbons (Fsp3) is 0.500. The summed E-state index contributed by atoms with van der Waals surface area (Å²) in [4.78, 5) is 17.6. The molecule has 0 aliphatic rings. The maximum Gasteiger partial charge on any atom is 0.227 e. The number of hydrogen-bond acceptors (Lipinski definition) is 3. The summed E-state index contributed by atoms with van der Waals surface area (Å²) >= 11 is 0. The second-order valence-electron chi connectivity index (χ2n) is 4.20. The molecule has 0 radical (unpaired) electrons. The van der Waals surface area contributed by atoms with E-state index in [0.29, 0.717) is 12.3 Å². The van der Waals surface area contributed by atoms with Crippen LogP contribution < -0.4 is 10.2 Å². The van der Waals surface area contributed by atoms with Crippen LogP contribution in [-0.2, 0) is 4.79 Å². The predicted octanol–water partition coefficient (Wildman–Crippen LogP) is 2.13. The van der Waals surface area contributed by atoms with Crippen molar-refractivity contribution < 1.29 is 4.79 Å². The Hall–Kier alpha value is -1.58. The first kappa shape index (κ1) is 12.5. The Morgan fingerprint density at radius 1 is 1.50 bits per heavy atom. The molecule has 0 spiro atoms. The van der Waals surface area contributed by atoms with Crippen LogP contribution in [0.1, 0.15) is 20.3 Å². The van der Waals surface area contributed by atoms with Crippen molar-refractivity contribution in [1.82, 2.24) is 4.98 Å². The molecule has 0 aliphatic carbocycles. The molecule has 88 valence electrons. The molecule has 0 bridgehead atoms. The lowest BCUT2D eigenvalue weighted by Crippen LogP contribution is -2.27. The first-order chi connectivity index (χ1) is 7.54. The first-order valence-corrected chi connectivity index (χ1v) is 5.45. The molecule has 16 heavy (non-hydrogen) atoms. The van der Waals surface area contributed by atoms with Crippen molar-refractivity contribution >= 4 is 17.4 Å². The van der Waals surface area contributed by atoms with Gasteiger partial charge < -0.3 is 10.2 Å². The van der Waals surface area contributed by atoms with Crippen LogP contribution in [-0.4, -0.2) is 25.0 Å². The third-order valence-corrected chi connectivity index (χ3v) is 2.35. The van der Waals surface area contributed by atoms with Gasteiger partial charge in [-0.15, -0.1) is 0 Å². The van der Waals surface area contributed by atoms with Crippen LogP contribution in [0.4, 0.5) is 11.5 Å². The maximum atomic E-state index is 11.8. The van der Waals surface area contributed by atoms with Crippen molar-refractivity contribution in [3.63, 3.8) is 0 Å². The summed E-state index contributed by atoms with van der Waals surface area (Å²) in [5.41, 5.74) is 0.824. The molecule has 0 aliphatic heterocycles. The number of anilines is 2. The lowest BCUT2D eigenvalue weighted by molar-refractivity contribution is -0.119. The number of carbonyl (C=O) groups excluding carboxylic acids is 1. The smallest absolute Gasteiger partial charge is 0.227 e. The van der Waals surface area contributed by atoms with E-state index in [1.807, 2.05) is 33.0 Å². The Labute approximate surface area is 96.7 Å². The quantitative estimate of drug-likeness (QED) is 0.847. The molecule has 1 amide bonds. The Morgan fingerprint density at radius 2 is 2.19 bits per heavy atom. The molecule has 0 unspecified atom stereocenters. The van der Waals surface area contributed by atoms with E-state index in [0.717, 1.165) is 11.5 Å². The van der Waals surface area contributed by atoms with Crippen LogP contribution in [0, 0.1) is 5.92 Å². The highest BCUT2D eigenvalue weighted by Gasteiger charge is 2.12. The molecule has 1 heterocycles. The second kappa shape index (κ2) is 5.49. The zero-order valence-corrected chi connectivity index (χ0v) is 10.3. The summed E-state index contributed by atoms with van der Waals surface area (Å²) in [7, 11) is 3.59. The molecule has 1 aromatic heterocycles. The summed E-state index contributed by atoms with van der Waals surface area (Å²) < 4.78 is 0. The summed E-state index contributed by atoms with van der Waals surface area (Å²) in [5, 5.41) is 2.94. The molecule has 0 saturated carbocycles. The SMILES string of the molecule is CNc1ccc(N(C)C(=O)CC(C)C)cn1. The molecule has 1 rings (SSSR count). The van der Waals surface area contributed by atoms with Gasteiger partial charge in [-0.05, 0) is 18.1 Å². The number of nitrogens with one attached hydrogen (secondary N) is 1. The van der Waals surface area contributed by atoms with Gasteiger partial charge in [0.2, 0.25) is 5.91 Å². The van der Waals surface area contributed by atoms with E-state index in [1.165, 1.54) is 0 Å². The number of amides is 1. The summed E-state index contributed by atoms with van der Waals surface area (Å²) in [5.74, 6) is 1.29. The molecule has 0 aromatic carbocycles. The van der Waals surface area contributed by atoms with Gasteiger partial charge >= 0.3 is 0 Å². The van der Waals surface area contributed by atoms with Crippen LogP contribution in [0.2, 0.25) is 0 Å². The van der Waals surface area contributed by atoms with E-state index in [4.69, 9.17) is 0 Å². The van der Waals surface area contributed by atoms with Gasteiger partial charge in [0.1, 0.15) is 5.82 Å². The lowest BCUT2D eigenvalue weighted by Gasteiger charge is -2.18. The molecule has 1 aromatic rings. The fourth-order valence-corrected chi connectivity index (χ4v) is 1.36. The Bertz CT molecular complexity index is 346. The monoisotopic (exact) mass is 221 g/mol. The maximum absolute atomic E-state index is 11.8. The van der Waals surface area contributed by atoms with Crippen LogP contribution in [0.25, 0.3) is 0 Å². The Balaban J connectivity index is 2.72. The first-order valence-electron chi connectivity index (χ1n) is 5.45. The third-order valence-electron chi connectivity index (χ3n) is 2.35. The van der Waals surface area contributed by atoms with E-state index in [9.17, 15) is 4.79 Å². The van der Waals surface area contributed by atoms with Gasteiger partial charge in [0.15, 0.2) is 0 Å². The predicted molar refractivity (Wildman–Crippen MR) is 66.6 cm³/mol. The normalized spacial score (nSPS) is 10.3. The average molecular weight is 221 g/mol. The van der Waals surface area contributed by atoms with Gasteiger partial charge in [-0.3, -0.25) is 4.79 Å². The van der Waals surface area contributed by atoms with Crippen molar-refractivity contribution in [1.29, 1.82) is 0 Å². The van der Waals surface area contributed by atoms with Gasteiger partial charge in [0.05, 0.1) is 11.9 Å². The van der Waals surface area contributed by atoms with Gasteiger partial charge in [0, 0.05) is 20.5 Å². The number of pyridine rings is 1. The molecule has 1 N–H and O–H groups in total. The molecule has 4 heteroatoms. The minimum absolute atomic E-state index is 0.119. The standard InChI is InChI=1S/C12H19N3O/c1-9(2)7-12(16)15(4)10-5-6-11(13-3)14-8-10/h5-6,8-9H,7H2,1-4H3,(H,13,14). The average Bonchev–Trinajstić information content (AvgIpc) is 2.27. The van der Waals surface area contributed by atoms with E-state index in [-0.39, 0.29) is 5.91 Å². The van der Waals surface area contributed by atoms with Gasteiger partial charge in [0.25, 0.3) is 0 Å². The highest BCUT2D eigenvalue weighted by Crippen LogP contribution is 2.15. The zero-order chi connectivity index (χ0) is 12.1. The zero-order valence-electron chi connectivity index (χ0n) is 10.3. The van der Waals surface area contributed by atoms with Crippen molar-refractivity contribution in [2.24, 2.45) is 5.92 Å². The van der Waals surface area contributed by atoms with Gasteiger partial charge in [-0.25, -0.2) is 4.98 Å². The minimum Gasteiger partial charge on any atom is -0.373 e. The summed E-state index contributed by atoms with van der Waals surface area (Å²) in [6.07, 6.45) is 2.26. The molecule has 0 atom stereocenters. The summed E-state index contributed by atoms with van der Waals surface area (Å²) in [6, 6.07) is 3.74. The van der Waals surface area contributed by atoms with Crippen molar-refractivity contribution in [3.8, 4) is 0 Å². The van der Waals surface area contributed by atoms with Crippen LogP contribution in [0.5, 0.6) is 0 Å². The van der Waals surface area contributed by atoms with E-state index in [1.54, 1.807) is 18.1 Å². The van der Waals surface area contributed by atoms with E-state index < -0.39 is 0 Å². The van der Waals surface area contributed by atoms with Crippen LogP contribution in [0.3, 0.4) is 0 Å². The Kier molecular flexibility index (Phi) is 4.28. The van der Waals surface area contributed by atoms with Crippen molar-refractivity contribution in [3.05, 3.63) is 18.3 Å². The Morgan fingerprint density at radius 3 is 2.62 bits per heavy atom. The number of nitrogens with zero attached hydrogens (tertiary/aromatic N) is 2. The number of aromatic nitrogens is 1.